The summed E-state index contributed by atoms with van der Waals surface area (Å²) < 4.78 is 11.6. The van der Waals surface area contributed by atoms with Crippen LogP contribution in [0.25, 0.3) is 0 Å². The molecule has 0 aliphatic rings. The van der Waals surface area contributed by atoms with Gasteiger partial charge < -0.3 is 14.8 Å². The Balaban J connectivity index is 2.19. The molecule has 0 aliphatic carbocycles. The van der Waals surface area contributed by atoms with Crippen LogP contribution in [0.4, 0.5) is 0 Å². The van der Waals surface area contributed by atoms with Gasteiger partial charge in [0.2, 0.25) is 0 Å². The van der Waals surface area contributed by atoms with Gasteiger partial charge >= 0.3 is 0 Å². The Labute approximate surface area is 150 Å². The van der Waals surface area contributed by atoms with Crippen molar-refractivity contribution in [3.8, 4) is 11.5 Å². The van der Waals surface area contributed by atoms with E-state index in [0.717, 1.165) is 29.0 Å². The first-order valence-electron chi connectivity index (χ1n) is 8.80. The van der Waals surface area contributed by atoms with E-state index < -0.39 is 0 Å². The van der Waals surface area contributed by atoms with Gasteiger partial charge in [0.25, 0.3) is 5.91 Å². The molecule has 0 saturated heterocycles. The molecule has 4 nitrogen and oxygen atoms in total. The SMILES string of the molecule is CCOc1ccc(C(=O)N[C@@H](C)CC)cc1COc1ccccc1C. The Morgan fingerprint density at radius 3 is 2.52 bits per heavy atom. The second kappa shape index (κ2) is 9.11. The fourth-order valence-corrected chi connectivity index (χ4v) is 2.41. The summed E-state index contributed by atoms with van der Waals surface area (Å²) in [7, 11) is 0. The zero-order chi connectivity index (χ0) is 18.2. The first-order valence-corrected chi connectivity index (χ1v) is 8.80. The van der Waals surface area contributed by atoms with Crippen LogP contribution in [0.15, 0.2) is 42.5 Å². The number of carbonyl (C=O) groups excluding carboxylic acids is 1. The molecule has 1 N–H and O–H groups in total. The second-order valence-electron chi connectivity index (χ2n) is 6.09. The molecule has 134 valence electrons. The number of para-hydroxylation sites is 1. The van der Waals surface area contributed by atoms with E-state index >= 15 is 0 Å². The maximum absolute atomic E-state index is 12.4. The molecule has 0 radical (unpaired) electrons. The van der Waals surface area contributed by atoms with Crippen molar-refractivity contribution in [1.29, 1.82) is 0 Å². The highest BCUT2D eigenvalue weighted by molar-refractivity contribution is 5.94. The monoisotopic (exact) mass is 341 g/mol. The maximum atomic E-state index is 12.4. The van der Waals surface area contributed by atoms with Gasteiger partial charge in [0, 0.05) is 17.2 Å². The number of ether oxygens (including phenoxy) is 2. The van der Waals surface area contributed by atoms with Crippen molar-refractivity contribution >= 4 is 5.91 Å². The minimum atomic E-state index is -0.0745. The van der Waals surface area contributed by atoms with E-state index in [2.05, 4.69) is 5.32 Å². The Bertz CT molecular complexity index is 712. The van der Waals surface area contributed by atoms with E-state index in [1.807, 2.05) is 64.1 Å². The fourth-order valence-electron chi connectivity index (χ4n) is 2.41. The summed E-state index contributed by atoms with van der Waals surface area (Å²) in [5, 5.41) is 2.99. The maximum Gasteiger partial charge on any atom is 0.251 e. The Morgan fingerprint density at radius 1 is 1.08 bits per heavy atom. The molecule has 0 spiro atoms. The van der Waals surface area contributed by atoms with Crippen LogP contribution in [0.3, 0.4) is 0 Å². The standard InChI is InChI=1S/C21H27NO3/c1-5-16(4)22-21(23)17-11-12-20(24-6-2)18(13-17)14-25-19-10-8-7-9-15(19)3/h7-13,16H,5-6,14H2,1-4H3,(H,22,23)/t16-/m0/s1. The molecule has 0 aromatic heterocycles. The lowest BCUT2D eigenvalue weighted by Gasteiger charge is -2.15. The zero-order valence-corrected chi connectivity index (χ0v) is 15.5. The number of hydrogen-bond acceptors (Lipinski definition) is 3. The summed E-state index contributed by atoms with van der Waals surface area (Å²) in [5.74, 6) is 1.50. The van der Waals surface area contributed by atoms with E-state index in [1.54, 1.807) is 6.07 Å². The van der Waals surface area contributed by atoms with Gasteiger partial charge in [-0.1, -0.05) is 25.1 Å². The van der Waals surface area contributed by atoms with Gasteiger partial charge in [-0.15, -0.1) is 0 Å². The van der Waals surface area contributed by atoms with Crippen LogP contribution in [0.2, 0.25) is 0 Å². The quantitative estimate of drug-likeness (QED) is 0.769. The number of rotatable bonds is 8. The van der Waals surface area contributed by atoms with Gasteiger partial charge in [-0.3, -0.25) is 4.79 Å². The van der Waals surface area contributed by atoms with Gasteiger partial charge in [-0.2, -0.15) is 0 Å². The predicted molar refractivity (Wildman–Crippen MR) is 100 cm³/mol. The normalized spacial score (nSPS) is 11.7. The van der Waals surface area contributed by atoms with E-state index in [1.165, 1.54) is 0 Å². The summed E-state index contributed by atoms with van der Waals surface area (Å²) in [6, 6.07) is 13.5. The lowest BCUT2D eigenvalue weighted by molar-refractivity contribution is 0.0939. The van der Waals surface area contributed by atoms with Crippen LogP contribution < -0.4 is 14.8 Å². The van der Waals surface area contributed by atoms with Crippen molar-refractivity contribution in [2.45, 2.75) is 46.8 Å². The molecule has 0 unspecified atom stereocenters. The van der Waals surface area contributed by atoms with E-state index in [9.17, 15) is 4.79 Å². The van der Waals surface area contributed by atoms with E-state index in [4.69, 9.17) is 9.47 Å². The van der Waals surface area contributed by atoms with Crippen molar-refractivity contribution in [3.63, 3.8) is 0 Å². The molecule has 4 heteroatoms. The average Bonchev–Trinajstić information content (AvgIpc) is 2.62. The largest absolute Gasteiger partial charge is 0.493 e. The molecular formula is C21H27NO3. The molecule has 0 heterocycles. The third kappa shape index (κ3) is 5.24. The highest BCUT2D eigenvalue weighted by atomic mass is 16.5. The van der Waals surface area contributed by atoms with Crippen LogP contribution in [-0.2, 0) is 6.61 Å². The smallest absolute Gasteiger partial charge is 0.251 e. The lowest BCUT2D eigenvalue weighted by atomic mass is 10.1. The highest BCUT2D eigenvalue weighted by Gasteiger charge is 2.13. The molecule has 0 aliphatic heterocycles. The van der Waals surface area contributed by atoms with Crippen molar-refractivity contribution in [2.24, 2.45) is 0 Å². The summed E-state index contributed by atoms with van der Waals surface area (Å²) in [5.41, 5.74) is 2.56. The van der Waals surface area contributed by atoms with Crippen LogP contribution in [-0.4, -0.2) is 18.6 Å². The molecule has 0 saturated carbocycles. The number of carbonyl (C=O) groups is 1. The second-order valence-corrected chi connectivity index (χ2v) is 6.09. The number of nitrogens with one attached hydrogen (secondary N) is 1. The van der Waals surface area contributed by atoms with Crippen molar-refractivity contribution < 1.29 is 14.3 Å². The summed E-state index contributed by atoms with van der Waals surface area (Å²) in [6.45, 7) is 8.91. The zero-order valence-electron chi connectivity index (χ0n) is 15.5. The van der Waals surface area contributed by atoms with Gasteiger partial charge in [-0.25, -0.2) is 0 Å². The van der Waals surface area contributed by atoms with Gasteiger partial charge in [0.1, 0.15) is 18.1 Å². The van der Waals surface area contributed by atoms with Gasteiger partial charge in [0.05, 0.1) is 6.61 Å². The summed E-state index contributed by atoms with van der Waals surface area (Å²) in [6.07, 6.45) is 0.895. The molecule has 0 fully saturated rings. The van der Waals surface area contributed by atoms with Gasteiger partial charge in [0.15, 0.2) is 0 Å². The van der Waals surface area contributed by atoms with E-state index in [-0.39, 0.29) is 11.9 Å². The third-order valence-electron chi connectivity index (χ3n) is 4.09. The molecule has 2 rings (SSSR count). The number of aryl methyl sites for hydroxylation is 1. The fraction of sp³-hybridized carbons (Fsp3) is 0.381. The van der Waals surface area contributed by atoms with E-state index in [0.29, 0.717) is 18.8 Å². The first-order chi connectivity index (χ1) is 12.0. The molecular weight excluding hydrogens is 314 g/mol. The Hall–Kier alpha value is -2.49. The third-order valence-corrected chi connectivity index (χ3v) is 4.09. The molecule has 2 aromatic carbocycles. The minimum absolute atomic E-state index is 0.0745. The van der Waals surface area contributed by atoms with Crippen LogP contribution in [0.5, 0.6) is 11.5 Å². The molecule has 0 bridgehead atoms. The topological polar surface area (TPSA) is 47.6 Å². The van der Waals surface area contributed by atoms with Gasteiger partial charge in [-0.05, 0) is 57.0 Å². The first kappa shape index (κ1) is 18.8. The number of amides is 1. The summed E-state index contributed by atoms with van der Waals surface area (Å²) in [4.78, 5) is 12.4. The number of benzene rings is 2. The summed E-state index contributed by atoms with van der Waals surface area (Å²) >= 11 is 0. The Morgan fingerprint density at radius 2 is 1.84 bits per heavy atom. The van der Waals surface area contributed by atoms with Crippen molar-refractivity contribution in [3.05, 3.63) is 59.2 Å². The van der Waals surface area contributed by atoms with Crippen LogP contribution in [0, 0.1) is 6.92 Å². The average molecular weight is 341 g/mol. The van der Waals surface area contributed by atoms with Crippen LogP contribution >= 0.6 is 0 Å². The van der Waals surface area contributed by atoms with Crippen molar-refractivity contribution in [2.75, 3.05) is 6.61 Å². The predicted octanol–water partition coefficient (Wildman–Crippen LogP) is 4.50. The molecule has 1 amide bonds. The molecule has 25 heavy (non-hydrogen) atoms. The lowest BCUT2D eigenvalue weighted by Crippen LogP contribution is -2.32. The number of hydrogen-bond donors (Lipinski definition) is 1. The van der Waals surface area contributed by atoms with Crippen molar-refractivity contribution in [1.82, 2.24) is 5.32 Å². The highest BCUT2D eigenvalue weighted by Crippen LogP contribution is 2.24. The Kier molecular flexibility index (Phi) is 6.87. The minimum Gasteiger partial charge on any atom is -0.493 e. The molecule has 1 atom stereocenters. The van der Waals surface area contributed by atoms with Crippen LogP contribution in [0.1, 0.15) is 48.7 Å². The molecule has 2 aromatic rings.